The Hall–Kier alpha value is -2.48. The predicted octanol–water partition coefficient (Wildman–Crippen LogP) is 3.69. The van der Waals surface area contributed by atoms with Crippen molar-refractivity contribution in [2.45, 2.75) is 31.7 Å². The Morgan fingerprint density at radius 3 is 2.47 bits per heavy atom. The van der Waals surface area contributed by atoms with Crippen molar-refractivity contribution in [3.63, 3.8) is 0 Å². The summed E-state index contributed by atoms with van der Waals surface area (Å²) in [5.74, 6) is 1.21. The van der Waals surface area contributed by atoms with Crippen LogP contribution in [0.5, 0.6) is 0 Å². The molecular formula is C21H25Cl2N5O2. The number of hydrogen-bond acceptors (Lipinski definition) is 6. The molecular weight excluding hydrogens is 425 g/mol. The van der Waals surface area contributed by atoms with Gasteiger partial charge in [-0.25, -0.2) is 0 Å². The largest absolute Gasteiger partial charge is 0.341 e. The number of nitrogens with two attached hydrogens (primary N) is 1. The zero-order valence-corrected chi connectivity index (χ0v) is 18.2. The highest BCUT2D eigenvalue weighted by atomic mass is 35.5. The van der Waals surface area contributed by atoms with Crippen molar-refractivity contribution >= 4 is 30.7 Å². The second-order valence-corrected chi connectivity index (χ2v) is 7.16. The quantitative estimate of drug-likeness (QED) is 0.651. The molecule has 2 N–H and O–H groups in total. The van der Waals surface area contributed by atoms with Gasteiger partial charge in [0, 0.05) is 25.2 Å². The number of carbonyl (C=O) groups is 1. The summed E-state index contributed by atoms with van der Waals surface area (Å²) in [5.41, 5.74) is 8.87. The molecule has 2 aromatic heterocycles. The summed E-state index contributed by atoms with van der Waals surface area (Å²) in [5, 5.41) is 4.04. The van der Waals surface area contributed by atoms with Crippen LogP contribution in [-0.4, -0.2) is 39.0 Å². The molecule has 1 aliphatic rings. The SMILES string of the molecule is Cc1ccc(C(N)C(=O)N2CCC(c3nc(-c4ccccn4)no3)CC2)cc1.Cl.Cl. The summed E-state index contributed by atoms with van der Waals surface area (Å²) in [6.45, 7) is 3.27. The van der Waals surface area contributed by atoms with Gasteiger partial charge in [-0.1, -0.05) is 41.1 Å². The smallest absolute Gasteiger partial charge is 0.244 e. The maximum Gasteiger partial charge on any atom is 0.244 e. The van der Waals surface area contributed by atoms with Gasteiger partial charge in [-0.05, 0) is 37.5 Å². The molecule has 1 amide bonds. The van der Waals surface area contributed by atoms with Crippen LogP contribution in [0, 0.1) is 6.92 Å². The van der Waals surface area contributed by atoms with Crippen molar-refractivity contribution in [2.24, 2.45) is 5.73 Å². The van der Waals surface area contributed by atoms with E-state index >= 15 is 0 Å². The third kappa shape index (κ3) is 5.16. The Balaban J connectivity index is 0.00000160. The van der Waals surface area contributed by atoms with E-state index in [1.807, 2.05) is 54.3 Å². The van der Waals surface area contributed by atoms with Crippen molar-refractivity contribution in [1.82, 2.24) is 20.0 Å². The zero-order chi connectivity index (χ0) is 19.5. The van der Waals surface area contributed by atoms with E-state index in [9.17, 15) is 4.79 Å². The number of carbonyl (C=O) groups excluding carboxylic acids is 1. The molecule has 1 atom stereocenters. The molecule has 0 aliphatic carbocycles. The number of hydrogen-bond donors (Lipinski definition) is 1. The number of benzene rings is 1. The number of aromatic nitrogens is 3. The minimum absolute atomic E-state index is 0. The molecule has 9 heteroatoms. The van der Waals surface area contributed by atoms with Gasteiger partial charge in [-0.15, -0.1) is 24.8 Å². The molecule has 3 heterocycles. The van der Waals surface area contributed by atoms with Gasteiger partial charge in [0.05, 0.1) is 0 Å². The van der Waals surface area contributed by atoms with Crippen LogP contribution in [0.2, 0.25) is 0 Å². The number of aryl methyl sites for hydroxylation is 1. The molecule has 160 valence electrons. The fourth-order valence-electron chi connectivity index (χ4n) is 3.46. The lowest BCUT2D eigenvalue weighted by atomic mass is 9.95. The van der Waals surface area contributed by atoms with Crippen LogP contribution in [-0.2, 0) is 4.79 Å². The Labute approximate surface area is 187 Å². The first-order chi connectivity index (χ1) is 13.6. The van der Waals surface area contributed by atoms with Crippen LogP contribution in [0.1, 0.15) is 41.8 Å². The Morgan fingerprint density at radius 2 is 1.83 bits per heavy atom. The molecule has 1 aromatic carbocycles. The first kappa shape index (κ1) is 23.8. The van der Waals surface area contributed by atoms with E-state index in [-0.39, 0.29) is 36.6 Å². The third-order valence-corrected chi connectivity index (χ3v) is 5.19. The van der Waals surface area contributed by atoms with E-state index in [4.69, 9.17) is 10.3 Å². The molecule has 30 heavy (non-hydrogen) atoms. The van der Waals surface area contributed by atoms with Crippen molar-refractivity contribution in [1.29, 1.82) is 0 Å². The van der Waals surface area contributed by atoms with E-state index in [0.29, 0.717) is 30.5 Å². The van der Waals surface area contributed by atoms with Gasteiger partial charge in [0.25, 0.3) is 0 Å². The summed E-state index contributed by atoms with van der Waals surface area (Å²) in [4.78, 5) is 23.3. The minimum atomic E-state index is -0.628. The van der Waals surface area contributed by atoms with Crippen molar-refractivity contribution < 1.29 is 9.32 Å². The van der Waals surface area contributed by atoms with E-state index in [1.54, 1.807) is 6.20 Å². The molecule has 1 saturated heterocycles. The molecule has 0 saturated carbocycles. The summed E-state index contributed by atoms with van der Waals surface area (Å²) in [6, 6.07) is 12.7. The van der Waals surface area contributed by atoms with Crippen molar-refractivity contribution in [3.05, 3.63) is 65.7 Å². The van der Waals surface area contributed by atoms with Gasteiger partial charge < -0.3 is 15.2 Å². The molecule has 0 radical (unpaired) electrons. The average molecular weight is 450 g/mol. The van der Waals surface area contributed by atoms with E-state index < -0.39 is 6.04 Å². The first-order valence-electron chi connectivity index (χ1n) is 9.48. The number of rotatable bonds is 4. The monoisotopic (exact) mass is 449 g/mol. The number of pyridine rings is 1. The normalized spacial score (nSPS) is 15.1. The number of halogens is 2. The van der Waals surface area contributed by atoms with Gasteiger partial charge >= 0.3 is 0 Å². The maximum absolute atomic E-state index is 12.8. The van der Waals surface area contributed by atoms with Gasteiger partial charge in [-0.3, -0.25) is 9.78 Å². The Kier molecular flexibility index (Phi) is 8.34. The van der Waals surface area contributed by atoms with Crippen molar-refractivity contribution in [3.8, 4) is 11.5 Å². The molecule has 0 bridgehead atoms. The predicted molar refractivity (Wildman–Crippen MR) is 119 cm³/mol. The van der Waals surface area contributed by atoms with Crippen LogP contribution in [0.4, 0.5) is 0 Å². The van der Waals surface area contributed by atoms with E-state index in [2.05, 4.69) is 15.1 Å². The molecule has 7 nitrogen and oxygen atoms in total. The van der Waals surface area contributed by atoms with Crippen LogP contribution < -0.4 is 5.73 Å². The lowest BCUT2D eigenvalue weighted by molar-refractivity contribution is -0.133. The number of nitrogens with zero attached hydrogens (tertiary/aromatic N) is 4. The number of amides is 1. The highest BCUT2D eigenvalue weighted by molar-refractivity contribution is 5.85. The second kappa shape index (κ2) is 10.5. The highest BCUT2D eigenvalue weighted by Crippen LogP contribution is 2.29. The van der Waals surface area contributed by atoms with Gasteiger partial charge in [-0.2, -0.15) is 4.98 Å². The third-order valence-electron chi connectivity index (χ3n) is 5.19. The topological polar surface area (TPSA) is 98.1 Å². The summed E-state index contributed by atoms with van der Waals surface area (Å²) >= 11 is 0. The zero-order valence-electron chi connectivity index (χ0n) is 16.6. The highest BCUT2D eigenvalue weighted by Gasteiger charge is 2.30. The molecule has 4 rings (SSSR count). The van der Waals surface area contributed by atoms with Crippen LogP contribution in [0.3, 0.4) is 0 Å². The second-order valence-electron chi connectivity index (χ2n) is 7.16. The van der Waals surface area contributed by atoms with Gasteiger partial charge in [0.1, 0.15) is 11.7 Å². The van der Waals surface area contributed by atoms with Crippen LogP contribution >= 0.6 is 24.8 Å². The molecule has 3 aromatic rings. The van der Waals surface area contributed by atoms with Crippen LogP contribution in [0.25, 0.3) is 11.5 Å². The molecule has 0 spiro atoms. The van der Waals surface area contributed by atoms with E-state index in [1.165, 1.54) is 0 Å². The summed E-state index contributed by atoms with van der Waals surface area (Å²) < 4.78 is 5.45. The van der Waals surface area contributed by atoms with E-state index in [0.717, 1.165) is 24.0 Å². The number of piperidine rings is 1. The lowest BCUT2D eigenvalue weighted by Gasteiger charge is -2.32. The van der Waals surface area contributed by atoms with Crippen molar-refractivity contribution in [2.75, 3.05) is 13.1 Å². The standard InChI is InChI=1S/C21H23N5O2.2ClH/c1-14-5-7-15(8-6-14)18(22)21(27)26-12-9-16(10-13-26)20-24-19(25-28-20)17-4-2-3-11-23-17;;/h2-8,11,16,18H,9-10,12-13,22H2,1H3;2*1H. The summed E-state index contributed by atoms with van der Waals surface area (Å²) in [7, 11) is 0. The molecule has 1 aliphatic heterocycles. The fourth-order valence-corrected chi connectivity index (χ4v) is 3.46. The lowest BCUT2D eigenvalue weighted by Crippen LogP contribution is -2.43. The summed E-state index contributed by atoms with van der Waals surface area (Å²) in [6.07, 6.45) is 3.25. The number of likely N-dealkylation sites (tertiary alicyclic amines) is 1. The Bertz CT molecular complexity index is 942. The maximum atomic E-state index is 12.8. The fraction of sp³-hybridized carbons (Fsp3) is 0.333. The molecule has 1 unspecified atom stereocenters. The Morgan fingerprint density at radius 1 is 1.13 bits per heavy atom. The first-order valence-corrected chi connectivity index (χ1v) is 9.48. The average Bonchev–Trinajstić information content (AvgIpc) is 3.24. The minimum Gasteiger partial charge on any atom is -0.341 e. The van der Waals surface area contributed by atoms with Gasteiger partial charge in [0.15, 0.2) is 0 Å². The van der Waals surface area contributed by atoms with Gasteiger partial charge in [0.2, 0.25) is 17.6 Å². The molecule has 1 fully saturated rings. The van der Waals surface area contributed by atoms with Crippen LogP contribution in [0.15, 0.2) is 53.2 Å².